The number of rotatable bonds is 8. The maximum Gasteiger partial charge on any atom is 0.372 e. The second-order valence-electron chi connectivity index (χ2n) is 3.57. The fourth-order valence-corrected chi connectivity index (χ4v) is 1.99. The molecule has 0 aromatic carbocycles. The van der Waals surface area contributed by atoms with E-state index in [0.29, 0.717) is 17.9 Å². The van der Waals surface area contributed by atoms with E-state index in [9.17, 15) is 4.79 Å². The lowest BCUT2D eigenvalue weighted by Gasteiger charge is -2.01. The summed E-state index contributed by atoms with van der Waals surface area (Å²) < 4.78 is 5.22. The Hall–Kier alpha value is -1.20. The van der Waals surface area contributed by atoms with Gasteiger partial charge < -0.3 is 14.8 Å². The average molecular weight is 255 g/mol. The molecule has 2 N–H and O–H groups in total. The molecule has 0 radical (unpaired) electrons. The topological polar surface area (TPSA) is 62.5 Å². The highest BCUT2D eigenvalue weighted by molar-refractivity contribution is 7.99. The van der Waals surface area contributed by atoms with Crippen molar-refractivity contribution in [2.45, 2.75) is 13.5 Å². The molecule has 5 heteroatoms. The van der Waals surface area contributed by atoms with Crippen molar-refractivity contribution in [2.24, 2.45) is 0 Å². The van der Waals surface area contributed by atoms with E-state index in [4.69, 9.17) is 9.52 Å². The minimum absolute atomic E-state index is 0.0304. The van der Waals surface area contributed by atoms with Crippen LogP contribution in [0.2, 0.25) is 0 Å². The summed E-state index contributed by atoms with van der Waals surface area (Å²) in [6, 6.07) is 1.76. The minimum atomic E-state index is -1.02. The highest BCUT2D eigenvalue weighted by atomic mass is 32.2. The molecular formula is C12H17NO3S. The van der Waals surface area contributed by atoms with E-state index in [1.807, 2.05) is 6.08 Å². The molecule has 0 spiro atoms. The van der Waals surface area contributed by atoms with Crippen LogP contribution < -0.4 is 5.32 Å². The number of hydrogen-bond donors (Lipinski definition) is 2. The summed E-state index contributed by atoms with van der Waals surface area (Å²) in [5.74, 6) is 1.62. The lowest BCUT2D eigenvalue weighted by atomic mass is 10.2. The number of hydrogen-bond acceptors (Lipinski definition) is 4. The van der Waals surface area contributed by atoms with Crippen LogP contribution in [0.15, 0.2) is 23.1 Å². The van der Waals surface area contributed by atoms with Crippen molar-refractivity contribution in [3.63, 3.8) is 0 Å². The number of aromatic carboxylic acids is 1. The van der Waals surface area contributed by atoms with E-state index in [1.165, 1.54) is 0 Å². The second-order valence-corrected chi connectivity index (χ2v) is 4.72. The number of carboxylic acids is 1. The highest BCUT2D eigenvalue weighted by Crippen LogP contribution is 2.14. The van der Waals surface area contributed by atoms with Gasteiger partial charge >= 0.3 is 5.97 Å². The normalized spacial score (nSPS) is 10.4. The zero-order valence-corrected chi connectivity index (χ0v) is 10.7. The maximum absolute atomic E-state index is 10.8. The minimum Gasteiger partial charge on any atom is -0.475 e. The van der Waals surface area contributed by atoms with E-state index in [1.54, 1.807) is 24.8 Å². The molecule has 0 unspecified atom stereocenters. The number of carbonyl (C=O) groups is 1. The van der Waals surface area contributed by atoms with Crippen molar-refractivity contribution in [3.05, 3.63) is 35.8 Å². The van der Waals surface area contributed by atoms with Crippen LogP contribution in [0.1, 0.15) is 21.9 Å². The van der Waals surface area contributed by atoms with Gasteiger partial charge in [-0.1, -0.05) is 6.08 Å². The van der Waals surface area contributed by atoms with Gasteiger partial charge in [0.1, 0.15) is 5.76 Å². The predicted octanol–water partition coefficient (Wildman–Crippen LogP) is 2.30. The number of carboxylic acid groups (broad SMARTS) is 1. The Morgan fingerprint density at radius 3 is 3.06 bits per heavy atom. The quantitative estimate of drug-likeness (QED) is 0.551. The van der Waals surface area contributed by atoms with Crippen molar-refractivity contribution >= 4 is 17.7 Å². The molecule has 0 saturated heterocycles. The Kier molecular flexibility index (Phi) is 5.86. The maximum atomic E-state index is 10.8. The summed E-state index contributed by atoms with van der Waals surface area (Å²) in [5, 5.41) is 12.0. The molecule has 0 bridgehead atoms. The van der Waals surface area contributed by atoms with Crippen molar-refractivity contribution in [3.8, 4) is 0 Å². The zero-order valence-electron chi connectivity index (χ0n) is 9.86. The van der Waals surface area contributed by atoms with Crippen LogP contribution in [0.3, 0.4) is 0 Å². The smallest absolute Gasteiger partial charge is 0.372 e. The van der Waals surface area contributed by atoms with E-state index in [-0.39, 0.29) is 5.76 Å². The first kappa shape index (κ1) is 13.9. The molecule has 1 aromatic rings. The molecule has 0 aliphatic rings. The fourth-order valence-electron chi connectivity index (χ4n) is 1.37. The summed E-state index contributed by atoms with van der Waals surface area (Å²) >= 11 is 1.80. The van der Waals surface area contributed by atoms with Gasteiger partial charge in [-0.25, -0.2) is 4.79 Å². The fraction of sp³-hybridized carbons (Fsp3) is 0.417. The monoisotopic (exact) mass is 255 g/mol. The molecule has 4 nitrogen and oxygen atoms in total. The van der Waals surface area contributed by atoms with Gasteiger partial charge in [-0.05, 0) is 13.0 Å². The first-order chi connectivity index (χ1) is 8.15. The van der Waals surface area contributed by atoms with Crippen LogP contribution >= 0.6 is 11.8 Å². The van der Waals surface area contributed by atoms with Gasteiger partial charge in [0.2, 0.25) is 5.76 Å². The number of aryl methyl sites for hydroxylation is 1. The van der Waals surface area contributed by atoms with E-state index >= 15 is 0 Å². The molecule has 0 saturated carbocycles. The Balaban J connectivity index is 2.30. The molecule has 17 heavy (non-hydrogen) atoms. The third-order valence-electron chi connectivity index (χ3n) is 2.12. The molecule has 1 rings (SSSR count). The van der Waals surface area contributed by atoms with Crippen LogP contribution in [-0.2, 0) is 6.54 Å². The number of nitrogens with one attached hydrogen (secondary N) is 1. The van der Waals surface area contributed by atoms with Crippen molar-refractivity contribution in [2.75, 3.05) is 18.1 Å². The molecular weight excluding hydrogens is 238 g/mol. The van der Waals surface area contributed by atoms with E-state index in [0.717, 1.165) is 18.1 Å². The zero-order chi connectivity index (χ0) is 12.7. The van der Waals surface area contributed by atoms with Gasteiger partial charge in [0, 0.05) is 23.6 Å². The largest absolute Gasteiger partial charge is 0.475 e. The molecule has 94 valence electrons. The van der Waals surface area contributed by atoms with Gasteiger partial charge in [0.05, 0.1) is 6.54 Å². The lowest BCUT2D eigenvalue weighted by Crippen LogP contribution is -2.16. The number of furan rings is 1. The summed E-state index contributed by atoms with van der Waals surface area (Å²) in [4.78, 5) is 10.8. The van der Waals surface area contributed by atoms with Crippen molar-refractivity contribution < 1.29 is 14.3 Å². The molecule has 0 aliphatic carbocycles. The van der Waals surface area contributed by atoms with E-state index < -0.39 is 5.97 Å². The third kappa shape index (κ3) is 4.66. The second kappa shape index (κ2) is 7.19. The summed E-state index contributed by atoms with van der Waals surface area (Å²) in [5.41, 5.74) is 0.662. The molecule has 0 aliphatic heterocycles. The molecule has 1 aromatic heterocycles. The predicted molar refractivity (Wildman–Crippen MR) is 69.6 cm³/mol. The highest BCUT2D eigenvalue weighted by Gasteiger charge is 2.13. The van der Waals surface area contributed by atoms with Gasteiger partial charge in [0.25, 0.3) is 0 Å². The van der Waals surface area contributed by atoms with Crippen LogP contribution in [0.25, 0.3) is 0 Å². The van der Waals surface area contributed by atoms with Crippen LogP contribution in [-0.4, -0.2) is 29.1 Å². The molecule has 1 heterocycles. The van der Waals surface area contributed by atoms with Crippen molar-refractivity contribution in [1.82, 2.24) is 5.32 Å². The van der Waals surface area contributed by atoms with Crippen molar-refractivity contribution in [1.29, 1.82) is 0 Å². The average Bonchev–Trinajstić information content (AvgIpc) is 2.65. The first-order valence-electron chi connectivity index (χ1n) is 5.37. The Bertz CT molecular complexity index is 387. The lowest BCUT2D eigenvalue weighted by molar-refractivity contribution is 0.0659. The Morgan fingerprint density at radius 2 is 2.47 bits per heavy atom. The van der Waals surface area contributed by atoms with Crippen LogP contribution in [0.4, 0.5) is 0 Å². The summed E-state index contributed by atoms with van der Waals surface area (Å²) in [6.07, 6.45) is 1.87. The molecule has 0 atom stereocenters. The first-order valence-corrected chi connectivity index (χ1v) is 6.52. The van der Waals surface area contributed by atoms with E-state index in [2.05, 4.69) is 11.9 Å². The molecule has 0 fully saturated rings. The van der Waals surface area contributed by atoms with Crippen LogP contribution in [0, 0.1) is 6.92 Å². The standard InChI is InChI=1S/C12H17NO3S/c1-3-5-17-6-4-13-8-10-7-9(2)11(16-10)12(14)15/h3,7,13H,1,4-6,8H2,2H3,(H,14,15). The summed E-state index contributed by atoms with van der Waals surface area (Å²) in [6.45, 7) is 6.80. The van der Waals surface area contributed by atoms with Gasteiger partial charge in [-0.2, -0.15) is 11.8 Å². The SMILES string of the molecule is C=CCSCCNCc1cc(C)c(C(=O)O)o1. The molecule has 0 amide bonds. The Morgan fingerprint density at radius 1 is 1.71 bits per heavy atom. The van der Waals surface area contributed by atoms with Crippen LogP contribution in [0.5, 0.6) is 0 Å². The van der Waals surface area contributed by atoms with Gasteiger partial charge in [0.15, 0.2) is 0 Å². The van der Waals surface area contributed by atoms with Gasteiger partial charge in [-0.15, -0.1) is 6.58 Å². The van der Waals surface area contributed by atoms with Gasteiger partial charge in [-0.3, -0.25) is 0 Å². The number of thioether (sulfide) groups is 1. The third-order valence-corrected chi connectivity index (χ3v) is 3.09. The summed E-state index contributed by atoms with van der Waals surface area (Å²) in [7, 11) is 0. The Labute approximate surface area is 105 Å².